The van der Waals surface area contributed by atoms with Crippen LogP contribution in [0.1, 0.15) is 0 Å². The van der Waals surface area contributed by atoms with Crippen LogP contribution in [-0.2, 0) is 10.0 Å². The van der Waals surface area contributed by atoms with E-state index in [1.165, 1.54) is 23.5 Å². The van der Waals surface area contributed by atoms with Gasteiger partial charge in [0.2, 0.25) is 20.3 Å². The van der Waals surface area contributed by atoms with Crippen molar-refractivity contribution in [3.05, 3.63) is 24.3 Å². The van der Waals surface area contributed by atoms with E-state index >= 15 is 0 Å². The molecule has 0 amide bonds. The second-order valence-electron chi connectivity index (χ2n) is 3.14. The Morgan fingerprint density at radius 3 is 2.29 bits per heavy atom. The molecule has 0 unspecified atom stereocenters. The molecule has 0 spiro atoms. The minimum absolute atomic E-state index is 0.0554. The number of nitrogens with zero attached hydrogens (tertiary/aromatic N) is 2. The molecule has 1 heterocycles. The van der Waals surface area contributed by atoms with Crippen molar-refractivity contribution in [1.29, 1.82) is 0 Å². The molecule has 17 heavy (non-hydrogen) atoms. The van der Waals surface area contributed by atoms with Crippen LogP contribution in [0.5, 0.6) is 0 Å². The van der Waals surface area contributed by atoms with Crippen LogP contribution in [0, 0.1) is 0 Å². The summed E-state index contributed by atoms with van der Waals surface area (Å²) in [5, 5.41) is 16.2. The van der Waals surface area contributed by atoms with Crippen LogP contribution in [0.25, 0.3) is 0 Å². The molecule has 0 atom stereocenters. The van der Waals surface area contributed by atoms with Gasteiger partial charge in [-0.15, -0.1) is 10.2 Å². The average molecular weight is 271 g/mol. The van der Waals surface area contributed by atoms with Crippen LogP contribution in [0.4, 0.5) is 16.0 Å². The number of anilines is 3. The van der Waals surface area contributed by atoms with E-state index in [9.17, 15) is 8.42 Å². The maximum Gasteiger partial charge on any atom is 0.238 e. The summed E-state index contributed by atoms with van der Waals surface area (Å²) in [6.07, 6.45) is 0. The fourth-order valence-corrected chi connectivity index (χ4v) is 2.18. The Morgan fingerprint density at radius 2 is 1.82 bits per heavy atom. The molecule has 0 aliphatic rings. The summed E-state index contributed by atoms with van der Waals surface area (Å²) in [5.74, 6) is 0. The highest BCUT2D eigenvalue weighted by molar-refractivity contribution is 7.89. The highest BCUT2D eigenvalue weighted by Crippen LogP contribution is 2.22. The minimum atomic E-state index is -3.66. The summed E-state index contributed by atoms with van der Waals surface area (Å²) in [6.45, 7) is 0. The zero-order valence-corrected chi connectivity index (χ0v) is 10.1. The van der Waals surface area contributed by atoms with Crippen molar-refractivity contribution in [2.75, 3.05) is 11.1 Å². The molecule has 0 aliphatic heterocycles. The number of nitrogens with two attached hydrogens (primary N) is 2. The summed E-state index contributed by atoms with van der Waals surface area (Å²) in [7, 11) is -3.66. The number of rotatable bonds is 3. The Morgan fingerprint density at radius 1 is 1.18 bits per heavy atom. The quantitative estimate of drug-likeness (QED) is 0.747. The Kier molecular flexibility index (Phi) is 2.96. The van der Waals surface area contributed by atoms with E-state index < -0.39 is 10.0 Å². The van der Waals surface area contributed by atoms with Gasteiger partial charge in [-0.2, -0.15) is 0 Å². The summed E-state index contributed by atoms with van der Waals surface area (Å²) < 4.78 is 22.1. The van der Waals surface area contributed by atoms with Gasteiger partial charge >= 0.3 is 0 Å². The van der Waals surface area contributed by atoms with Crippen molar-refractivity contribution in [1.82, 2.24) is 10.2 Å². The van der Waals surface area contributed by atoms with Gasteiger partial charge in [0.05, 0.1) is 4.90 Å². The number of hydrogen-bond acceptors (Lipinski definition) is 7. The molecule has 0 bridgehead atoms. The first-order valence-corrected chi connectivity index (χ1v) is 6.80. The molecule has 2 aromatic rings. The number of hydrogen-bond donors (Lipinski definition) is 3. The maximum absolute atomic E-state index is 11.0. The van der Waals surface area contributed by atoms with Crippen molar-refractivity contribution in [3.63, 3.8) is 0 Å². The van der Waals surface area contributed by atoms with E-state index in [2.05, 4.69) is 15.5 Å². The smallest absolute Gasteiger partial charge is 0.238 e. The molecular formula is C8H9N5O2S2. The van der Waals surface area contributed by atoms with Gasteiger partial charge in [0.1, 0.15) is 0 Å². The molecule has 7 nitrogen and oxygen atoms in total. The van der Waals surface area contributed by atoms with Gasteiger partial charge in [-0.05, 0) is 24.3 Å². The lowest BCUT2D eigenvalue weighted by Crippen LogP contribution is -2.11. The van der Waals surface area contributed by atoms with E-state index in [1.807, 2.05) is 0 Å². The molecule has 9 heteroatoms. The SMILES string of the molecule is Nc1nnc(Nc2ccc(S(N)(=O)=O)cc2)s1. The first kappa shape index (κ1) is 11.8. The van der Waals surface area contributed by atoms with E-state index in [4.69, 9.17) is 10.9 Å². The van der Waals surface area contributed by atoms with Crippen LogP contribution >= 0.6 is 11.3 Å². The van der Waals surface area contributed by atoms with Crippen LogP contribution in [0.15, 0.2) is 29.2 Å². The topological polar surface area (TPSA) is 124 Å². The van der Waals surface area contributed by atoms with Gasteiger partial charge in [0, 0.05) is 5.69 Å². The van der Waals surface area contributed by atoms with Crippen LogP contribution in [-0.4, -0.2) is 18.6 Å². The van der Waals surface area contributed by atoms with Crippen LogP contribution in [0.3, 0.4) is 0 Å². The molecular weight excluding hydrogens is 262 g/mol. The fraction of sp³-hybridized carbons (Fsp3) is 0. The number of sulfonamides is 1. The van der Waals surface area contributed by atoms with E-state index in [0.29, 0.717) is 16.0 Å². The van der Waals surface area contributed by atoms with Gasteiger partial charge in [-0.25, -0.2) is 13.6 Å². The largest absolute Gasteiger partial charge is 0.374 e. The highest BCUT2D eigenvalue weighted by atomic mass is 32.2. The molecule has 0 aliphatic carbocycles. The Labute approximate surface area is 102 Å². The maximum atomic E-state index is 11.0. The zero-order valence-electron chi connectivity index (χ0n) is 8.49. The lowest BCUT2D eigenvalue weighted by molar-refractivity contribution is 0.598. The van der Waals surface area contributed by atoms with Crippen molar-refractivity contribution >= 4 is 37.3 Å². The lowest BCUT2D eigenvalue weighted by Gasteiger charge is -2.02. The molecule has 5 N–H and O–H groups in total. The number of nitrogen functional groups attached to an aromatic ring is 1. The third-order valence-corrected chi connectivity index (χ3v) is 3.47. The minimum Gasteiger partial charge on any atom is -0.374 e. The normalized spacial score (nSPS) is 11.4. The monoisotopic (exact) mass is 271 g/mol. The molecule has 90 valence electrons. The third-order valence-electron chi connectivity index (χ3n) is 1.87. The van der Waals surface area contributed by atoms with E-state index in [1.54, 1.807) is 12.1 Å². The van der Waals surface area contributed by atoms with Crippen molar-refractivity contribution < 1.29 is 8.42 Å². The molecule has 1 aromatic carbocycles. The van der Waals surface area contributed by atoms with Gasteiger partial charge in [-0.1, -0.05) is 11.3 Å². The molecule has 0 radical (unpaired) electrons. The summed E-state index contributed by atoms with van der Waals surface area (Å²) in [6, 6.07) is 5.97. The summed E-state index contributed by atoms with van der Waals surface area (Å²) in [5.41, 5.74) is 6.10. The molecule has 1 aromatic heterocycles. The Balaban J connectivity index is 2.19. The first-order chi connectivity index (χ1) is 7.95. The highest BCUT2D eigenvalue weighted by Gasteiger charge is 2.07. The van der Waals surface area contributed by atoms with E-state index in [0.717, 1.165) is 0 Å². The summed E-state index contributed by atoms with van der Waals surface area (Å²) in [4.78, 5) is 0.0554. The first-order valence-electron chi connectivity index (χ1n) is 4.44. The summed E-state index contributed by atoms with van der Waals surface area (Å²) >= 11 is 1.19. The zero-order chi connectivity index (χ0) is 12.5. The number of nitrogens with one attached hydrogen (secondary N) is 1. The van der Waals surface area contributed by atoms with Gasteiger partial charge in [0.15, 0.2) is 0 Å². The van der Waals surface area contributed by atoms with Gasteiger partial charge < -0.3 is 11.1 Å². The molecule has 0 fully saturated rings. The third kappa shape index (κ3) is 2.90. The average Bonchev–Trinajstić information content (AvgIpc) is 2.63. The molecule has 0 saturated heterocycles. The predicted molar refractivity (Wildman–Crippen MR) is 65.4 cm³/mol. The van der Waals surface area contributed by atoms with Crippen molar-refractivity contribution in [2.24, 2.45) is 5.14 Å². The number of aromatic nitrogens is 2. The lowest BCUT2D eigenvalue weighted by atomic mass is 10.3. The number of benzene rings is 1. The molecule has 2 rings (SSSR count). The van der Waals surface area contributed by atoms with Crippen molar-refractivity contribution in [2.45, 2.75) is 4.90 Å². The van der Waals surface area contributed by atoms with E-state index in [-0.39, 0.29) is 4.90 Å². The van der Waals surface area contributed by atoms with Crippen LogP contribution < -0.4 is 16.2 Å². The fourth-order valence-electron chi connectivity index (χ4n) is 1.14. The van der Waals surface area contributed by atoms with Crippen LogP contribution in [0.2, 0.25) is 0 Å². The Bertz CT molecular complexity index is 620. The Hall–Kier alpha value is -1.71. The number of primary sulfonamides is 1. The van der Waals surface area contributed by atoms with Gasteiger partial charge in [-0.3, -0.25) is 0 Å². The molecule has 0 saturated carbocycles. The second kappa shape index (κ2) is 4.28. The van der Waals surface area contributed by atoms with Gasteiger partial charge in [0.25, 0.3) is 0 Å². The van der Waals surface area contributed by atoms with Crippen molar-refractivity contribution in [3.8, 4) is 0 Å². The second-order valence-corrected chi connectivity index (χ2v) is 5.71. The predicted octanol–water partition coefficient (Wildman–Crippen LogP) is 0.511. The standard InChI is InChI=1S/C8H9N5O2S2/c9-7-12-13-8(16-7)11-5-1-3-6(4-2-5)17(10,14)15/h1-4H,(H2,9,12)(H,11,13)(H2,10,14,15).